The summed E-state index contributed by atoms with van der Waals surface area (Å²) in [5.74, 6) is 1.60. The summed E-state index contributed by atoms with van der Waals surface area (Å²) in [6.45, 7) is 6.68. The standard InChI is InChI=1S/C18H29N/c1-4-5-15-6-7-18(19)17(11-15)12-16-9-13(2)8-14(3)10-16/h8-10,15,17-18H,4-7,11-12,19H2,1-3H3. The maximum atomic E-state index is 6.36. The minimum absolute atomic E-state index is 0.411. The monoisotopic (exact) mass is 259 g/mol. The molecule has 0 bridgehead atoms. The molecule has 1 heteroatoms. The van der Waals surface area contributed by atoms with Gasteiger partial charge in [-0.2, -0.15) is 0 Å². The first kappa shape index (κ1) is 14.6. The summed E-state index contributed by atoms with van der Waals surface area (Å²) in [4.78, 5) is 0. The third kappa shape index (κ3) is 4.07. The van der Waals surface area contributed by atoms with E-state index >= 15 is 0 Å². The van der Waals surface area contributed by atoms with Gasteiger partial charge in [0.25, 0.3) is 0 Å². The third-order valence-electron chi connectivity index (χ3n) is 4.63. The molecule has 0 aromatic heterocycles. The zero-order chi connectivity index (χ0) is 13.8. The van der Waals surface area contributed by atoms with E-state index in [4.69, 9.17) is 5.73 Å². The highest BCUT2D eigenvalue weighted by Crippen LogP contribution is 2.33. The molecule has 19 heavy (non-hydrogen) atoms. The van der Waals surface area contributed by atoms with Gasteiger partial charge in [0.2, 0.25) is 0 Å². The molecule has 3 unspecified atom stereocenters. The van der Waals surface area contributed by atoms with Crippen LogP contribution in [0.5, 0.6) is 0 Å². The molecule has 3 atom stereocenters. The molecule has 0 saturated heterocycles. The van der Waals surface area contributed by atoms with Crippen molar-refractivity contribution in [1.82, 2.24) is 0 Å². The van der Waals surface area contributed by atoms with E-state index in [0.29, 0.717) is 12.0 Å². The van der Waals surface area contributed by atoms with Crippen LogP contribution in [0.1, 0.15) is 55.7 Å². The number of hydrogen-bond donors (Lipinski definition) is 1. The van der Waals surface area contributed by atoms with Crippen molar-refractivity contribution in [2.75, 3.05) is 0 Å². The summed E-state index contributed by atoms with van der Waals surface area (Å²) < 4.78 is 0. The third-order valence-corrected chi connectivity index (χ3v) is 4.63. The van der Waals surface area contributed by atoms with E-state index in [2.05, 4.69) is 39.0 Å². The van der Waals surface area contributed by atoms with Gasteiger partial charge in [0.15, 0.2) is 0 Å². The second-order valence-corrected chi connectivity index (χ2v) is 6.59. The number of hydrogen-bond acceptors (Lipinski definition) is 1. The minimum atomic E-state index is 0.411. The molecule has 1 aliphatic rings. The molecule has 0 heterocycles. The van der Waals surface area contributed by atoms with Gasteiger partial charge in [0.05, 0.1) is 0 Å². The average molecular weight is 259 g/mol. The van der Waals surface area contributed by atoms with Gasteiger partial charge < -0.3 is 5.73 Å². The van der Waals surface area contributed by atoms with Gasteiger partial charge in [0.1, 0.15) is 0 Å². The lowest BCUT2D eigenvalue weighted by Gasteiger charge is -2.34. The zero-order valence-electron chi connectivity index (χ0n) is 12.8. The van der Waals surface area contributed by atoms with E-state index in [9.17, 15) is 0 Å². The van der Waals surface area contributed by atoms with Crippen molar-refractivity contribution < 1.29 is 0 Å². The Hall–Kier alpha value is -0.820. The lowest BCUT2D eigenvalue weighted by molar-refractivity contribution is 0.221. The SMILES string of the molecule is CCCC1CCC(N)C(Cc2cc(C)cc(C)c2)C1. The zero-order valence-corrected chi connectivity index (χ0v) is 12.8. The molecule has 2 rings (SSSR count). The topological polar surface area (TPSA) is 26.0 Å². The predicted octanol–water partition coefficient (Wildman–Crippen LogP) is 4.39. The first-order valence-corrected chi connectivity index (χ1v) is 7.91. The van der Waals surface area contributed by atoms with E-state index in [1.165, 1.54) is 55.2 Å². The molecule has 0 amide bonds. The lowest BCUT2D eigenvalue weighted by atomic mass is 9.74. The van der Waals surface area contributed by atoms with Crippen molar-refractivity contribution in [3.8, 4) is 0 Å². The van der Waals surface area contributed by atoms with Crippen LogP contribution in [0.4, 0.5) is 0 Å². The number of rotatable bonds is 4. The summed E-state index contributed by atoms with van der Waals surface area (Å²) in [5.41, 5.74) is 10.6. The smallest absolute Gasteiger partial charge is 0.00705 e. The first-order valence-electron chi connectivity index (χ1n) is 7.91. The Morgan fingerprint density at radius 3 is 2.42 bits per heavy atom. The van der Waals surface area contributed by atoms with Crippen LogP contribution >= 0.6 is 0 Å². The molecule has 0 spiro atoms. The number of benzene rings is 1. The summed E-state index contributed by atoms with van der Waals surface area (Å²) in [6, 6.07) is 7.34. The molecule has 1 nitrogen and oxygen atoms in total. The van der Waals surface area contributed by atoms with E-state index in [1.807, 2.05) is 0 Å². The van der Waals surface area contributed by atoms with Crippen molar-refractivity contribution in [2.24, 2.45) is 17.6 Å². The maximum absolute atomic E-state index is 6.36. The second kappa shape index (κ2) is 6.56. The van der Waals surface area contributed by atoms with Crippen LogP contribution in [0, 0.1) is 25.7 Å². The molecule has 1 aromatic rings. The van der Waals surface area contributed by atoms with E-state index < -0.39 is 0 Å². The second-order valence-electron chi connectivity index (χ2n) is 6.59. The van der Waals surface area contributed by atoms with Gasteiger partial charge in [0, 0.05) is 6.04 Å². The molecule has 1 fully saturated rings. The van der Waals surface area contributed by atoms with Crippen LogP contribution in [0.15, 0.2) is 18.2 Å². The van der Waals surface area contributed by atoms with Crippen molar-refractivity contribution in [3.63, 3.8) is 0 Å². The highest BCUT2D eigenvalue weighted by atomic mass is 14.7. The maximum Gasteiger partial charge on any atom is 0.00705 e. The van der Waals surface area contributed by atoms with Gasteiger partial charge in [-0.3, -0.25) is 0 Å². The van der Waals surface area contributed by atoms with Crippen molar-refractivity contribution in [3.05, 3.63) is 34.9 Å². The minimum Gasteiger partial charge on any atom is -0.327 e. The Morgan fingerprint density at radius 1 is 1.11 bits per heavy atom. The first-order chi connectivity index (χ1) is 9.08. The van der Waals surface area contributed by atoms with Crippen LogP contribution in [0.3, 0.4) is 0 Å². The molecular weight excluding hydrogens is 230 g/mol. The van der Waals surface area contributed by atoms with Crippen molar-refractivity contribution in [2.45, 2.75) is 65.3 Å². The fourth-order valence-electron chi connectivity index (χ4n) is 3.78. The Kier molecular flexibility index (Phi) is 5.04. The van der Waals surface area contributed by atoms with E-state index in [-0.39, 0.29) is 0 Å². The quantitative estimate of drug-likeness (QED) is 0.852. The van der Waals surface area contributed by atoms with Gasteiger partial charge in [-0.1, -0.05) is 49.1 Å². The molecule has 1 aromatic carbocycles. The van der Waals surface area contributed by atoms with Crippen LogP contribution in [-0.2, 0) is 6.42 Å². The highest BCUT2D eigenvalue weighted by molar-refractivity contribution is 5.29. The summed E-state index contributed by atoms with van der Waals surface area (Å²) in [5, 5.41) is 0. The average Bonchev–Trinajstić information content (AvgIpc) is 2.32. The van der Waals surface area contributed by atoms with Gasteiger partial charge in [-0.05, 0) is 56.9 Å². The highest BCUT2D eigenvalue weighted by Gasteiger charge is 2.27. The molecule has 0 aliphatic heterocycles. The van der Waals surface area contributed by atoms with Crippen LogP contribution < -0.4 is 5.73 Å². The van der Waals surface area contributed by atoms with Crippen LogP contribution in [0.25, 0.3) is 0 Å². The molecule has 106 valence electrons. The van der Waals surface area contributed by atoms with Gasteiger partial charge in [-0.25, -0.2) is 0 Å². The molecular formula is C18H29N. The molecule has 1 saturated carbocycles. The van der Waals surface area contributed by atoms with Crippen molar-refractivity contribution in [1.29, 1.82) is 0 Å². The number of aryl methyl sites for hydroxylation is 2. The largest absolute Gasteiger partial charge is 0.327 e. The van der Waals surface area contributed by atoms with Crippen LogP contribution in [0.2, 0.25) is 0 Å². The summed E-state index contributed by atoms with van der Waals surface area (Å²) in [7, 11) is 0. The fourth-order valence-corrected chi connectivity index (χ4v) is 3.78. The fraction of sp³-hybridized carbons (Fsp3) is 0.667. The Bertz CT molecular complexity index is 390. The Labute approximate surface area is 118 Å². The predicted molar refractivity (Wildman–Crippen MR) is 83.3 cm³/mol. The van der Waals surface area contributed by atoms with Crippen LogP contribution in [-0.4, -0.2) is 6.04 Å². The van der Waals surface area contributed by atoms with Gasteiger partial charge in [-0.15, -0.1) is 0 Å². The molecule has 1 aliphatic carbocycles. The Balaban J connectivity index is 2.03. The van der Waals surface area contributed by atoms with E-state index in [1.54, 1.807) is 0 Å². The van der Waals surface area contributed by atoms with E-state index in [0.717, 1.165) is 5.92 Å². The molecule has 2 N–H and O–H groups in total. The molecule has 0 radical (unpaired) electrons. The van der Waals surface area contributed by atoms with Gasteiger partial charge >= 0.3 is 0 Å². The number of nitrogens with two attached hydrogens (primary N) is 1. The van der Waals surface area contributed by atoms with Crippen molar-refractivity contribution >= 4 is 0 Å². The lowest BCUT2D eigenvalue weighted by Crippen LogP contribution is -2.37. The Morgan fingerprint density at radius 2 is 1.79 bits per heavy atom. The summed E-state index contributed by atoms with van der Waals surface area (Å²) in [6.07, 6.45) is 7.77. The normalized spacial score (nSPS) is 27.5. The summed E-state index contributed by atoms with van der Waals surface area (Å²) >= 11 is 0.